The summed E-state index contributed by atoms with van der Waals surface area (Å²) < 4.78 is 0. The maximum Gasteiger partial charge on any atom is 0.305 e. The lowest BCUT2D eigenvalue weighted by atomic mass is 10.0. The highest BCUT2D eigenvalue weighted by Gasteiger charge is 2.36. The quantitative estimate of drug-likeness (QED) is 0.363. The van der Waals surface area contributed by atoms with Crippen molar-refractivity contribution in [2.75, 3.05) is 26.7 Å². The first-order valence-electron chi connectivity index (χ1n) is 12.9. The molecule has 2 aromatic rings. The smallest absolute Gasteiger partial charge is 0.305 e. The van der Waals surface area contributed by atoms with Crippen molar-refractivity contribution in [2.24, 2.45) is 5.92 Å². The lowest BCUT2D eigenvalue weighted by molar-refractivity contribution is -0.145. The van der Waals surface area contributed by atoms with Crippen molar-refractivity contribution in [3.63, 3.8) is 0 Å². The van der Waals surface area contributed by atoms with Gasteiger partial charge in [-0.2, -0.15) is 0 Å². The number of carboxylic acids is 1. The topological polar surface area (TPSA) is 141 Å². The molecule has 0 spiro atoms. The zero-order chi connectivity index (χ0) is 27.7. The molecule has 38 heavy (non-hydrogen) atoms. The summed E-state index contributed by atoms with van der Waals surface area (Å²) in [5.41, 5.74) is 2.64. The zero-order valence-corrected chi connectivity index (χ0v) is 22.1. The van der Waals surface area contributed by atoms with Gasteiger partial charge in [-0.3, -0.25) is 19.4 Å². The first kappa shape index (κ1) is 28.9. The molecule has 0 radical (unpaired) electrons. The maximum atomic E-state index is 12.7. The number of aldehydes is 1. The Morgan fingerprint density at radius 3 is 2.58 bits per heavy atom. The molecule has 2 fully saturated rings. The fourth-order valence-electron chi connectivity index (χ4n) is 4.39. The number of pyridine rings is 1. The van der Waals surface area contributed by atoms with Crippen molar-refractivity contribution in [3.8, 4) is 0 Å². The van der Waals surface area contributed by atoms with E-state index in [1.807, 2.05) is 20.0 Å². The molecule has 2 aliphatic rings. The van der Waals surface area contributed by atoms with Crippen LogP contribution in [0.15, 0.2) is 42.1 Å². The van der Waals surface area contributed by atoms with Crippen LogP contribution in [0.2, 0.25) is 0 Å². The van der Waals surface area contributed by atoms with Crippen molar-refractivity contribution < 1.29 is 24.3 Å². The molecule has 10 nitrogen and oxygen atoms in total. The number of carbonyl (C=O) groups excluding carboxylic acids is 3. The van der Waals surface area contributed by atoms with E-state index < -0.39 is 36.4 Å². The van der Waals surface area contributed by atoms with E-state index in [2.05, 4.69) is 57.3 Å². The first-order chi connectivity index (χ1) is 18.2. The number of fused-ring (bicyclic) bond motifs is 1. The van der Waals surface area contributed by atoms with Crippen LogP contribution in [0.5, 0.6) is 0 Å². The Hall–Kier alpha value is -3.63. The molecule has 1 aliphatic carbocycles. The summed E-state index contributed by atoms with van der Waals surface area (Å²) in [6.07, 6.45) is 6.52. The van der Waals surface area contributed by atoms with Gasteiger partial charge in [0.25, 0.3) is 0 Å². The Kier molecular flexibility index (Phi) is 10.5. The minimum Gasteiger partial charge on any atom is -0.481 e. The van der Waals surface area contributed by atoms with Gasteiger partial charge < -0.3 is 30.8 Å². The number of carbonyl (C=O) groups is 4. The van der Waals surface area contributed by atoms with Gasteiger partial charge in [-0.1, -0.05) is 43.7 Å². The summed E-state index contributed by atoms with van der Waals surface area (Å²) in [5.74, 6) is -1.85. The average Bonchev–Trinajstić information content (AvgIpc) is 3.73. The number of nitrogens with one attached hydrogen (secondary N) is 3. The normalized spacial score (nSPS) is 18.2. The van der Waals surface area contributed by atoms with E-state index in [-0.39, 0.29) is 18.4 Å². The third-order valence-electron chi connectivity index (χ3n) is 6.54. The van der Waals surface area contributed by atoms with Crippen molar-refractivity contribution >= 4 is 40.9 Å². The number of hydrogen-bond donors (Lipinski definition) is 4. The number of aromatic nitrogens is 1. The molecular formula is C28H37N5O5. The Balaban J connectivity index is 0.000000238. The molecular weight excluding hydrogens is 486 g/mol. The molecule has 0 bridgehead atoms. The fraction of sp³-hybridized carbons (Fsp3) is 0.464. The van der Waals surface area contributed by atoms with Crippen molar-refractivity contribution in [2.45, 2.75) is 51.2 Å². The summed E-state index contributed by atoms with van der Waals surface area (Å²) in [4.78, 5) is 52.7. The number of piperazine rings is 1. The van der Waals surface area contributed by atoms with Crippen LogP contribution in [-0.4, -0.2) is 83.9 Å². The van der Waals surface area contributed by atoms with Gasteiger partial charge >= 0.3 is 5.97 Å². The second kappa shape index (κ2) is 13.8. The molecule has 10 heteroatoms. The van der Waals surface area contributed by atoms with Crippen LogP contribution in [0.25, 0.3) is 16.8 Å². The summed E-state index contributed by atoms with van der Waals surface area (Å²) in [5, 5.41) is 19.7. The van der Waals surface area contributed by atoms with Crippen molar-refractivity contribution in [1.82, 2.24) is 25.8 Å². The minimum absolute atomic E-state index is 0.0517. The summed E-state index contributed by atoms with van der Waals surface area (Å²) in [6, 6.07) is 8.15. The number of amides is 2. The van der Waals surface area contributed by atoms with Gasteiger partial charge in [0, 0.05) is 31.2 Å². The molecule has 1 aromatic heterocycles. The second-order valence-electron chi connectivity index (χ2n) is 9.83. The predicted molar refractivity (Wildman–Crippen MR) is 145 cm³/mol. The van der Waals surface area contributed by atoms with Gasteiger partial charge in [0.05, 0.1) is 24.2 Å². The van der Waals surface area contributed by atoms with Crippen LogP contribution in [0.1, 0.15) is 38.8 Å². The minimum atomic E-state index is -1.18. The standard InChI is InChI=1S/C15H26N4O5.C13H11N/c1-9(2)13(16-3)15(24)19-5-4-17-7-11(19)14(23)18-10(8-20)6-12(21)22;1-2-4-12-11(3-1)7-8-14-13(12)9-10-5-6-10/h8-11,13,16-17H,4-7H2,1-3H3,(H,18,23)(H,21,22);1-4,7-9H,5-6H2/t10-,11-,13?;/m0./s1. The molecule has 2 amide bonds. The Morgan fingerprint density at radius 2 is 1.95 bits per heavy atom. The van der Waals surface area contributed by atoms with E-state index in [9.17, 15) is 19.2 Å². The average molecular weight is 524 g/mol. The second-order valence-corrected chi connectivity index (χ2v) is 9.83. The van der Waals surface area contributed by atoms with Gasteiger partial charge in [-0.05, 0) is 43.3 Å². The van der Waals surface area contributed by atoms with Gasteiger partial charge in [0.15, 0.2) is 0 Å². The molecule has 204 valence electrons. The molecule has 1 aliphatic heterocycles. The predicted octanol–water partition coefficient (Wildman–Crippen LogP) is 1.60. The first-order valence-corrected chi connectivity index (χ1v) is 12.9. The lowest BCUT2D eigenvalue weighted by Gasteiger charge is -2.38. The van der Waals surface area contributed by atoms with E-state index in [1.54, 1.807) is 7.05 Å². The summed E-state index contributed by atoms with van der Waals surface area (Å²) in [6.45, 7) is 5.00. The van der Waals surface area contributed by atoms with Gasteiger partial charge in [0.2, 0.25) is 11.8 Å². The van der Waals surface area contributed by atoms with Gasteiger partial charge in [-0.25, -0.2) is 0 Å². The maximum absolute atomic E-state index is 12.7. The Morgan fingerprint density at radius 1 is 1.21 bits per heavy atom. The van der Waals surface area contributed by atoms with Crippen molar-refractivity contribution in [3.05, 3.63) is 47.8 Å². The van der Waals surface area contributed by atoms with E-state index in [0.717, 1.165) is 5.69 Å². The molecule has 1 saturated carbocycles. The third kappa shape index (κ3) is 7.93. The van der Waals surface area contributed by atoms with Crippen LogP contribution < -0.4 is 16.0 Å². The molecule has 1 aromatic carbocycles. The molecule has 1 unspecified atom stereocenters. The highest BCUT2D eigenvalue weighted by Crippen LogP contribution is 2.31. The largest absolute Gasteiger partial charge is 0.481 e. The molecule has 4 rings (SSSR count). The molecule has 3 atom stereocenters. The van der Waals surface area contributed by atoms with E-state index in [4.69, 9.17) is 5.11 Å². The van der Waals surface area contributed by atoms with E-state index in [0.29, 0.717) is 19.4 Å². The van der Waals surface area contributed by atoms with Crippen LogP contribution >= 0.6 is 0 Å². The number of nitrogens with zero attached hydrogens (tertiary/aromatic N) is 2. The number of carboxylic acid groups (broad SMARTS) is 1. The molecule has 2 heterocycles. The highest BCUT2D eigenvalue weighted by atomic mass is 16.4. The van der Waals surface area contributed by atoms with Gasteiger partial charge in [-0.15, -0.1) is 0 Å². The number of aliphatic carboxylic acids is 1. The third-order valence-corrected chi connectivity index (χ3v) is 6.54. The highest BCUT2D eigenvalue weighted by molar-refractivity contribution is 5.92. The number of hydrogen-bond acceptors (Lipinski definition) is 7. The fourth-order valence-corrected chi connectivity index (χ4v) is 4.39. The number of benzene rings is 1. The van der Waals surface area contributed by atoms with Gasteiger partial charge in [0.1, 0.15) is 12.3 Å². The number of rotatable bonds is 9. The van der Waals surface area contributed by atoms with E-state index >= 15 is 0 Å². The zero-order valence-electron chi connectivity index (χ0n) is 22.1. The Bertz CT molecular complexity index is 1170. The SMILES string of the molecule is C(=C1CC1)c1nccc2ccccc12.CNC(C(=O)N1CCNC[C@H]1C(=O)N[C@H](C=O)CC(=O)O)C(C)C. The van der Waals surface area contributed by atoms with Crippen LogP contribution in [0.3, 0.4) is 0 Å². The van der Waals surface area contributed by atoms with Crippen LogP contribution in [0.4, 0.5) is 0 Å². The van der Waals surface area contributed by atoms with Crippen molar-refractivity contribution in [1.29, 1.82) is 0 Å². The number of allylic oxidation sites excluding steroid dienone is 1. The Labute approximate surface area is 222 Å². The lowest BCUT2D eigenvalue weighted by Crippen LogP contribution is -2.63. The molecule has 4 N–H and O–H groups in total. The van der Waals surface area contributed by atoms with E-state index in [1.165, 1.54) is 34.1 Å². The number of likely N-dealkylation sites (N-methyl/N-ethyl adjacent to an activating group) is 1. The summed E-state index contributed by atoms with van der Waals surface area (Å²) in [7, 11) is 1.69. The monoisotopic (exact) mass is 523 g/mol. The molecule has 1 saturated heterocycles. The summed E-state index contributed by atoms with van der Waals surface area (Å²) >= 11 is 0. The van der Waals surface area contributed by atoms with Crippen LogP contribution in [-0.2, 0) is 19.2 Å². The van der Waals surface area contributed by atoms with Crippen LogP contribution in [0, 0.1) is 5.92 Å².